The third kappa shape index (κ3) is 5.80. The Morgan fingerprint density at radius 3 is 1.61 bits per heavy atom. The lowest BCUT2D eigenvalue weighted by Crippen LogP contribution is -2.35. The Balaban J connectivity index is 4.86. The number of rotatable bonds is 7. The Hall–Kier alpha value is -1.39. The summed E-state index contributed by atoms with van der Waals surface area (Å²) in [4.78, 5) is 34.2. The van der Waals surface area contributed by atoms with E-state index in [2.05, 4.69) is 0 Å². The molecule has 0 saturated carbocycles. The SMILES string of the molecule is CC(C)OC(=O)C(C(=O)OC(C)C)C(C)CC=O. The molecule has 0 aromatic heterocycles. The summed E-state index contributed by atoms with van der Waals surface area (Å²) in [5, 5.41) is 0. The predicted octanol–water partition coefficient (Wildman–Crippen LogP) is 1.73. The topological polar surface area (TPSA) is 69.7 Å². The summed E-state index contributed by atoms with van der Waals surface area (Å²) in [6, 6.07) is 0. The second-order valence-electron chi connectivity index (χ2n) is 4.83. The molecule has 0 fully saturated rings. The first-order chi connectivity index (χ1) is 8.29. The van der Waals surface area contributed by atoms with Crippen molar-refractivity contribution in [1.82, 2.24) is 0 Å². The Bertz CT molecular complexity index is 274. The van der Waals surface area contributed by atoms with Crippen LogP contribution in [0.3, 0.4) is 0 Å². The first kappa shape index (κ1) is 16.6. The van der Waals surface area contributed by atoms with Gasteiger partial charge in [-0.15, -0.1) is 0 Å². The Labute approximate surface area is 108 Å². The second-order valence-corrected chi connectivity index (χ2v) is 4.83. The van der Waals surface area contributed by atoms with Crippen molar-refractivity contribution in [3.05, 3.63) is 0 Å². The maximum atomic E-state index is 11.9. The van der Waals surface area contributed by atoms with Crippen molar-refractivity contribution in [2.24, 2.45) is 11.8 Å². The first-order valence-electron chi connectivity index (χ1n) is 6.14. The van der Waals surface area contributed by atoms with Gasteiger partial charge < -0.3 is 14.3 Å². The van der Waals surface area contributed by atoms with Crippen LogP contribution in [0.25, 0.3) is 0 Å². The van der Waals surface area contributed by atoms with E-state index < -0.39 is 23.8 Å². The van der Waals surface area contributed by atoms with Gasteiger partial charge in [-0.25, -0.2) is 0 Å². The van der Waals surface area contributed by atoms with Gasteiger partial charge in [-0.2, -0.15) is 0 Å². The summed E-state index contributed by atoms with van der Waals surface area (Å²) in [5.41, 5.74) is 0. The molecule has 0 aromatic carbocycles. The highest BCUT2D eigenvalue weighted by molar-refractivity contribution is 5.95. The zero-order chi connectivity index (χ0) is 14.3. The zero-order valence-electron chi connectivity index (χ0n) is 11.6. The normalized spacial score (nSPS) is 12.7. The number of aldehydes is 1. The van der Waals surface area contributed by atoms with Crippen molar-refractivity contribution in [2.75, 3.05) is 0 Å². The van der Waals surface area contributed by atoms with E-state index in [1.54, 1.807) is 34.6 Å². The van der Waals surface area contributed by atoms with Gasteiger partial charge in [0.05, 0.1) is 12.2 Å². The second kappa shape index (κ2) is 7.84. The fraction of sp³-hybridized carbons (Fsp3) is 0.769. The highest BCUT2D eigenvalue weighted by atomic mass is 16.6. The number of hydrogen-bond donors (Lipinski definition) is 0. The third-order valence-corrected chi connectivity index (χ3v) is 2.25. The van der Waals surface area contributed by atoms with Gasteiger partial charge in [0.25, 0.3) is 0 Å². The van der Waals surface area contributed by atoms with Gasteiger partial charge in [0.1, 0.15) is 6.29 Å². The summed E-state index contributed by atoms with van der Waals surface area (Å²) in [6.45, 7) is 8.46. The van der Waals surface area contributed by atoms with Crippen LogP contribution in [0, 0.1) is 11.8 Å². The lowest BCUT2D eigenvalue weighted by molar-refractivity contribution is -0.168. The average molecular weight is 258 g/mol. The monoisotopic (exact) mass is 258 g/mol. The number of esters is 2. The van der Waals surface area contributed by atoms with Gasteiger partial charge in [-0.3, -0.25) is 9.59 Å². The molecule has 1 unspecified atom stereocenters. The van der Waals surface area contributed by atoms with Crippen molar-refractivity contribution in [1.29, 1.82) is 0 Å². The van der Waals surface area contributed by atoms with Crippen molar-refractivity contribution < 1.29 is 23.9 Å². The molecule has 0 aliphatic carbocycles. The molecule has 0 amide bonds. The minimum absolute atomic E-state index is 0.116. The number of hydrogen-bond acceptors (Lipinski definition) is 5. The molecule has 0 aliphatic rings. The molecule has 104 valence electrons. The Kier molecular flexibility index (Phi) is 7.24. The average Bonchev–Trinajstić information content (AvgIpc) is 2.14. The molecule has 1 atom stereocenters. The van der Waals surface area contributed by atoms with Gasteiger partial charge >= 0.3 is 11.9 Å². The summed E-state index contributed by atoms with van der Waals surface area (Å²) >= 11 is 0. The summed E-state index contributed by atoms with van der Waals surface area (Å²) in [6.07, 6.45) is 0.180. The van der Waals surface area contributed by atoms with E-state index >= 15 is 0 Å². The minimum Gasteiger partial charge on any atom is -0.462 e. The van der Waals surface area contributed by atoms with Crippen LogP contribution in [-0.2, 0) is 23.9 Å². The van der Waals surface area contributed by atoms with Gasteiger partial charge in [0.2, 0.25) is 0 Å². The molecule has 0 aromatic rings. The van der Waals surface area contributed by atoms with E-state index in [-0.39, 0.29) is 18.6 Å². The number of ether oxygens (including phenoxy) is 2. The fourth-order valence-corrected chi connectivity index (χ4v) is 1.46. The van der Waals surface area contributed by atoms with Crippen LogP contribution in [0.4, 0.5) is 0 Å². The molecule has 5 nitrogen and oxygen atoms in total. The van der Waals surface area contributed by atoms with E-state index in [0.717, 1.165) is 0 Å². The van der Waals surface area contributed by atoms with Gasteiger partial charge in [-0.05, 0) is 33.6 Å². The van der Waals surface area contributed by atoms with Crippen molar-refractivity contribution in [3.63, 3.8) is 0 Å². The lowest BCUT2D eigenvalue weighted by atomic mass is 9.91. The smallest absolute Gasteiger partial charge is 0.320 e. The summed E-state index contributed by atoms with van der Waals surface area (Å²) in [7, 11) is 0. The summed E-state index contributed by atoms with van der Waals surface area (Å²) < 4.78 is 10.1. The molecule has 0 heterocycles. The van der Waals surface area contributed by atoms with Gasteiger partial charge in [-0.1, -0.05) is 6.92 Å². The molecular formula is C13H22O5. The minimum atomic E-state index is -1.04. The van der Waals surface area contributed by atoms with E-state index in [1.807, 2.05) is 0 Å². The summed E-state index contributed by atoms with van der Waals surface area (Å²) in [5.74, 6) is -2.74. The largest absolute Gasteiger partial charge is 0.462 e. The number of carbonyl (C=O) groups is 3. The van der Waals surface area contributed by atoms with Crippen LogP contribution in [0.1, 0.15) is 41.0 Å². The van der Waals surface area contributed by atoms with Crippen molar-refractivity contribution >= 4 is 18.2 Å². The van der Waals surface area contributed by atoms with Crippen molar-refractivity contribution in [2.45, 2.75) is 53.2 Å². The maximum absolute atomic E-state index is 11.9. The Morgan fingerprint density at radius 1 is 0.944 bits per heavy atom. The van der Waals surface area contributed by atoms with E-state index in [4.69, 9.17) is 9.47 Å². The molecular weight excluding hydrogens is 236 g/mol. The highest BCUT2D eigenvalue weighted by Gasteiger charge is 2.35. The quantitative estimate of drug-likeness (QED) is 0.395. The lowest BCUT2D eigenvalue weighted by Gasteiger charge is -2.21. The fourth-order valence-electron chi connectivity index (χ4n) is 1.46. The molecule has 5 heteroatoms. The molecule has 0 N–H and O–H groups in total. The molecule has 0 rings (SSSR count). The van der Waals surface area contributed by atoms with Gasteiger partial charge in [0, 0.05) is 6.42 Å². The molecule has 0 saturated heterocycles. The van der Waals surface area contributed by atoms with Gasteiger partial charge in [0.15, 0.2) is 5.92 Å². The third-order valence-electron chi connectivity index (χ3n) is 2.25. The Morgan fingerprint density at radius 2 is 1.33 bits per heavy atom. The van der Waals surface area contributed by atoms with Crippen LogP contribution >= 0.6 is 0 Å². The predicted molar refractivity (Wildman–Crippen MR) is 65.8 cm³/mol. The van der Waals surface area contributed by atoms with Crippen LogP contribution in [0.5, 0.6) is 0 Å². The molecule has 0 aliphatic heterocycles. The van der Waals surface area contributed by atoms with Crippen LogP contribution in [-0.4, -0.2) is 30.4 Å². The van der Waals surface area contributed by atoms with Crippen LogP contribution in [0.2, 0.25) is 0 Å². The molecule has 0 bridgehead atoms. The van der Waals surface area contributed by atoms with Crippen molar-refractivity contribution in [3.8, 4) is 0 Å². The van der Waals surface area contributed by atoms with E-state index in [0.29, 0.717) is 6.29 Å². The standard InChI is InChI=1S/C13H22O5/c1-8(2)17-12(15)11(10(5)6-7-14)13(16)18-9(3)4/h7-11H,6H2,1-5H3. The van der Waals surface area contributed by atoms with Crippen LogP contribution in [0.15, 0.2) is 0 Å². The number of carbonyl (C=O) groups excluding carboxylic acids is 3. The molecule has 0 spiro atoms. The van der Waals surface area contributed by atoms with E-state index in [9.17, 15) is 14.4 Å². The zero-order valence-corrected chi connectivity index (χ0v) is 11.6. The molecule has 0 radical (unpaired) electrons. The first-order valence-corrected chi connectivity index (χ1v) is 6.14. The molecule has 18 heavy (non-hydrogen) atoms. The maximum Gasteiger partial charge on any atom is 0.320 e. The van der Waals surface area contributed by atoms with Crippen LogP contribution < -0.4 is 0 Å². The highest BCUT2D eigenvalue weighted by Crippen LogP contribution is 2.19. The van der Waals surface area contributed by atoms with E-state index in [1.165, 1.54) is 0 Å².